The fourth-order valence-corrected chi connectivity index (χ4v) is 1.73. The zero-order valence-corrected chi connectivity index (χ0v) is 11.2. The Bertz CT molecular complexity index is 649. The molecule has 5 nitrogen and oxygen atoms in total. The molecule has 20 heavy (non-hydrogen) atoms. The van der Waals surface area contributed by atoms with Crippen LogP contribution >= 0.6 is 0 Å². The van der Waals surface area contributed by atoms with Gasteiger partial charge in [-0.1, -0.05) is 0 Å². The van der Waals surface area contributed by atoms with Gasteiger partial charge in [0.05, 0.1) is 17.7 Å². The summed E-state index contributed by atoms with van der Waals surface area (Å²) in [7, 11) is 1.61. The van der Waals surface area contributed by atoms with Gasteiger partial charge in [0.15, 0.2) is 0 Å². The number of benzene rings is 2. The van der Waals surface area contributed by atoms with E-state index in [0.29, 0.717) is 5.69 Å². The van der Waals surface area contributed by atoms with Crippen molar-refractivity contribution < 1.29 is 9.66 Å². The molecule has 0 heterocycles. The molecule has 0 aliphatic carbocycles. The van der Waals surface area contributed by atoms with E-state index < -0.39 is 4.92 Å². The van der Waals surface area contributed by atoms with Crippen LogP contribution in [0.1, 0.15) is 11.1 Å². The van der Waals surface area contributed by atoms with E-state index in [1.807, 2.05) is 24.3 Å². The predicted octanol–water partition coefficient (Wildman–Crippen LogP) is 3.66. The van der Waals surface area contributed by atoms with Crippen LogP contribution in [0.15, 0.2) is 47.5 Å². The monoisotopic (exact) mass is 270 g/mol. The number of ether oxygens (including phenoxy) is 1. The Labute approximate surface area is 116 Å². The standard InChI is InChI=1S/C15H14N2O3/c1-11-9-13(17(18)19)5-8-15(11)16-10-12-3-6-14(20-2)7-4-12/h3-10H,1-2H3. The van der Waals surface area contributed by atoms with Gasteiger partial charge in [0.1, 0.15) is 5.75 Å². The average Bonchev–Trinajstić information content (AvgIpc) is 2.46. The Morgan fingerprint density at radius 2 is 1.90 bits per heavy atom. The first kappa shape index (κ1) is 13.7. The molecular formula is C15H14N2O3. The molecule has 0 aromatic heterocycles. The predicted molar refractivity (Wildman–Crippen MR) is 78.1 cm³/mol. The topological polar surface area (TPSA) is 64.7 Å². The second-order valence-corrected chi connectivity index (χ2v) is 4.26. The van der Waals surface area contributed by atoms with E-state index >= 15 is 0 Å². The number of rotatable bonds is 4. The first-order chi connectivity index (χ1) is 9.60. The summed E-state index contributed by atoms with van der Waals surface area (Å²) in [6.45, 7) is 1.80. The Hall–Kier alpha value is -2.69. The van der Waals surface area contributed by atoms with Crippen LogP contribution in [0.4, 0.5) is 11.4 Å². The molecule has 0 fully saturated rings. The third kappa shape index (κ3) is 3.20. The van der Waals surface area contributed by atoms with Crippen molar-refractivity contribution in [1.29, 1.82) is 0 Å². The third-order valence-electron chi connectivity index (χ3n) is 2.86. The van der Waals surface area contributed by atoms with Crippen LogP contribution in [0.3, 0.4) is 0 Å². The molecule has 2 aromatic carbocycles. The second-order valence-electron chi connectivity index (χ2n) is 4.26. The summed E-state index contributed by atoms with van der Waals surface area (Å²) < 4.78 is 5.08. The van der Waals surface area contributed by atoms with Crippen LogP contribution in [0, 0.1) is 17.0 Å². The maximum absolute atomic E-state index is 10.7. The molecule has 0 atom stereocenters. The summed E-state index contributed by atoms with van der Waals surface area (Å²) in [4.78, 5) is 14.6. The van der Waals surface area contributed by atoms with Crippen molar-refractivity contribution in [3.8, 4) is 5.75 Å². The molecule has 0 spiro atoms. The molecule has 0 saturated carbocycles. The first-order valence-corrected chi connectivity index (χ1v) is 6.03. The highest BCUT2D eigenvalue weighted by molar-refractivity contribution is 5.82. The van der Waals surface area contributed by atoms with Gasteiger partial charge < -0.3 is 4.74 Å². The van der Waals surface area contributed by atoms with Crippen LogP contribution in [-0.2, 0) is 0 Å². The summed E-state index contributed by atoms with van der Waals surface area (Å²) in [6, 6.07) is 12.1. The Morgan fingerprint density at radius 1 is 1.20 bits per heavy atom. The largest absolute Gasteiger partial charge is 0.497 e. The smallest absolute Gasteiger partial charge is 0.269 e. The zero-order valence-electron chi connectivity index (χ0n) is 11.2. The van der Waals surface area contributed by atoms with Gasteiger partial charge in [-0.25, -0.2) is 0 Å². The lowest BCUT2D eigenvalue weighted by Gasteiger charge is -2.01. The van der Waals surface area contributed by atoms with Crippen LogP contribution < -0.4 is 4.74 Å². The molecular weight excluding hydrogens is 256 g/mol. The molecule has 2 aromatic rings. The normalized spacial score (nSPS) is 10.7. The molecule has 0 radical (unpaired) electrons. The fourth-order valence-electron chi connectivity index (χ4n) is 1.73. The van der Waals surface area contributed by atoms with Crippen LogP contribution in [0.5, 0.6) is 5.75 Å². The molecule has 0 amide bonds. The summed E-state index contributed by atoms with van der Waals surface area (Å²) in [5, 5.41) is 10.7. The number of aryl methyl sites for hydroxylation is 1. The zero-order chi connectivity index (χ0) is 14.5. The van der Waals surface area contributed by atoms with E-state index in [4.69, 9.17) is 4.74 Å². The number of hydrogen-bond acceptors (Lipinski definition) is 4. The molecule has 0 bridgehead atoms. The number of nitro groups is 1. The van der Waals surface area contributed by atoms with Crippen molar-refractivity contribution in [2.24, 2.45) is 4.99 Å². The van der Waals surface area contributed by atoms with Gasteiger partial charge in [-0.3, -0.25) is 15.1 Å². The maximum Gasteiger partial charge on any atom is 0.269 e. The van der Waals surface area contributed by atoms with Gasteiger partial charge in [-0.05, 0) is 48.4 Å². The lowest BCUT2D eigenvalue weighted by molar-refractivity contribution is -0.384. The van der Waals surface area contributed by atoms with Crippen molar-refractivity contribution in [3.05, 3.63) is 63.7 Å². The number of nitrogens with zero attached hydrogens (tertiary/aromatic N) is 2. The molecule has 0 aliphatic rings. The van der Waals surface area contributed by atoms with Crippen LogP contribution in [-0.4, -0.2) is 18.2 Å². The lowest BCUT2D eigenvalue weighted by Crippen LogP contribution is -1.88. The number of methoxy groups -OCH3 is 1. The van der Waals surface area contributed by atoms with Gasteiger partial charge >= 0.3 is 0 Å². The summed E-state index contributed by atoms with van der Waals surface area (Å²) >= 11 is 0. The van der Waals surface area contributed by atoms with Gasteiger partial charge in [0, 0.05) is 18.3 Å². The van der Waals surface area contributed by atoms with Crippen molar-refractivity contribution in [3.63, 3.8) is 0 Å². The highest BCUT2D eigenvalue weighted by Crippen LogP contribution is 2.23. The third-order valence-corrected chi connectivity index (χ3v) is 2.86. The molecule has 0 N–H and O–H groups in total. The van der Waals surface area contributed by atoms with Crippen molar-refractivity contribution in [2.45, 2.75) is 6.92 Å². The molecule has 0 unspecified atom stereocenters. The minimum Gasteiger partial charge on any atom is -0.497 e. The van der Waals surface area contributed by atoms with Gasteiger partial charge in [-0.2, -0.15) is 0 Å². The van der Waals surface area contributed by atoms with Crippen molar-refractivity contribution in [2.75, 3.05) is 7.11 Å². The minimum absolute atomic E-state index is 0.0749. The number of non-ortho nitro benzene ring substituents is 1. The quantitative estimate of drug-likeness (QED) is 0.483. The van der Waals surface area contributed by atoms with Gasteiger partial charge in [0.2, 0.25) is 0 Å². The van der Waals surface area contributed by atoms with Crippen molar-refractivity contribution in [1.82, 2.24) is 0 Å². The lowest BCUT2D eigenvalue weighted by atomic mass is 10.2. The second kappa shape index (κ2) is 5.97. The molecule has 2 rings (SSSR count). The molecule has 0 saturated heterocycles. The van der Waals surface area contributed by atoms with Gasteiger partial charge in [-0.15, -0.1) is 0 Å². The van der Waals surface area contributed by atoms with E-state index in [2.05, 4.69) is 4.99 Å². The van der Waals surface area contributed by atoms with E-state index in [-0.39, 0.29) is 5.69 Å². The molecule has 0 aliphatic heterocycles. The van der Waals surface area contributed by atoms with E-state index in [0.717, 1.165) is 16.9 Å². The maximum atomic E-state index is 10.7. The summed E-state index contributed by atoms with van der Waals surface area (Å²) in [5.41, 5.74) is 2.49. The van der Waals surface area contributed by atoms with E-state index in [9.17, 15) is 10.1 Å². The van der Waals surface area contributed by atoms with Crippen molar-refractivity contribution >= 4 is 17.6 Å². The Kier molecular flexibility index (Phi) is 4.10. The molecule has 5 heteroatoms. The Balaban J connectivity index is 2.20. The minimum atomic E-state index is -0.413. The summed E-state index contributed by atoms with van der Waals surface area (Å²) in [6.07, 6.45) is 1.72. The number of nitro benzene ring substituents is 1. The van der Waals surface area contributed by atoms with Gasteiger partial charge in [0.25, 0.3) is 5.69 Å². The average molecular weight is 270 g/mol. The fraction of sp³-hybridized carbons (Fsp3) is 0.133. The number of aliphatic imine (C=N–C) groups is 1. The summed E-state index contributed by atoms with van der Waals surface area (Å²) in [5.74, 6) is 0.786. The van der Waals surface area contributed by atoms with E-state index in [1.54, 1.807) is 26.3 Å². The van der Waals surface area contributed by atoms with E-state index in [1.165, 1.54) is 12.1 Å². The highest BCUT2D eigenvalue weighted by Gasteiger charge is 2.06. The van der Waals surface area contributed by atoms with Crippen LogP contribution in [0.25, 0.3) is 0 Å². The number of hydrogen-bond donors (Lipinski definition) is 0. The molecule has 102 valence electrons. The van der Waals surface area contributed by atoms with Crippen LogP contribution in [0.2, 0.25) is 0 Å². The highest BCUT2D eigenvalue weighted by atomic mass is 16.6. The SMILES string of the molecule is COc1ccc(C=Nc2ccc([N+](=O)[O-])cc2C)cc1. The Morgan fingerprint density at radius 3 is 2.45 bits per heavy atom. The first-order valence-electron chi connectivity index (χ1n) is 6.03.